The number of ether oxygens (including phenoxy) is 1. The number of rotatable bonds is 6. The van der Waals surface area contributed by atoms with Crippen molar-refractivity contribution in [1.29, 1.82) is 0 Å². The number of carbonyl (C=O) groups is 2. The molecule has 1 N–H and O–H groups in total. The molecule has 1 saturated heterocycles. The SMILES string of the molecule is CC1Cc2cc(/C(O)=C3\C(=O)C(=O)N(c4nnc(SCc5ccccc5Cl)s4)C3c3ccccc3F)ccc2O1. The Morgan fingerprint density at radius 2 is 1.93 bits per heavy atom. The molecule has 4 aromatic rings. The smallest absolute Gasteiger partial charge is 0.301 e. The summed E-state index contributed by atoms with van der Waals surface area (Å²) < 4.78 is 21.5. The molecule has 3 aromatic carbocycles. The summed E-state index contributed by atoms with van der Waals surface area (Å²) in [7, 11) is 0. The normalized spacial score (nSPS) is 19.6. The summed E-state index contributed by atoms with van der Waals surface area (Å²) in [4.78, 5) is 27.9. The molecule has 0 saturated carbocycles. The van der Waals surface area contributed by atoms with E-state index in [9.17, 15) is 14.7 Å². The van der Waals surface area contributed by atoms with Crippen LogP contribution in [0.5, 0.6) is 5.75 Å². The zero-order valence-electron chi connectivity index (χ0n) is 21.0. The van der Waals surface area contributed by atoms with E-state index in [0.717, 1.165) is 27.4 Å². The number of aliphatic hydroxyl groups excluding tert-OH is 1. The Labute approximate surface area is 242 Å². The van der Waals surface area contributed by atoms with E-state index in [0.29, 0.717) is 32.8 Å². The fourth-order valence-corrected chi connectivity index (χ4v) is 7.01. The molecule has 2 unspecified atom stereocenters. The van der Waals surface area contributed by atoms with Crippen molar-refractivity contribution >= 4 is 57.3 Å². The number of Topliss-reactive ketones (excluding diaryl/α,β-unsaturated/α-hetero) is 1. The second-order valence-electron chi connectivity index (χ2n) is 9.38. The van der Waals surface area contributed by atoms with Gasteiger partial charge in [-0.2, -0.15) is 0 Å². The number of amides is 1. The first-order valence-electron chi connectivity index (χ1n) is 12.4. The van der Waals surface area contributed by atoms with Gasteiger partial charge in [-0.25, -0.2) is 4.39 Å². The van der Waals surface area contributed by atoms with Crippen molar-refractivity contribution in [1.82, 2.24) is 10.2 Å². The van der Waals surface area contributed by atoms with E-state index in [2.05, 4.69) is 10.2 Å². The monoisotopic (exact) mass is 593 g/mol. The zero-order chi connectivity index (χ0) is 28.0. The van der Waals surface area contributed by atoms with Crippen molar-refractivity contribution in [3.8, 4) is 5.75 Å². The van der Waals surface area contributed by atoms with Gasteiger partial charge < -0.3 is 9.84 Å². The van der Waals surface area contributed by atoms with Gasteiger partial charge in [0.25, 0.3) is 5.78 Å². The van der Waals surface area contributed by atoms with Crippen molar-refractivity contribution in [2.45, 2.75) is 35.6 Å². The van der Waals surface area contributed by atoms with Gasteiger partial charge in [0, 0.05) is 28.3 Å². The number of thioether (sulfide) groups is 1. The van der Waals surface area contributed by atoms with Crippen molar-refractivity contribution in [3.63, 3.8) is 0 Å². The molecule has 2 aliphatic rings. The van der Waals surface area contributed by atoms with Crippen LogP contribution in [0, 0.1) is 5.82 Å². The molecule has 0 bridgehead atoms. The lowest BCUT2D eigenvalue weighted by atomic mass is 9.94. The summed E-state index contributed by atoms with van der Waals surface area (Å²) in [6.07, 6.45) is 0.625. The molecule has 2 atom stereocenters. The highest BCUT2D eigenvalue weighted by Gasteiger charge is 2.49. The van der Waals surface area contributed by atoms with Gasteiger partial charge in [0.1, 0.15) is 29.5 Å². The molecule has 1 aromatic heterocycles. The summed E-state index contributed by atoms with van der Waals surface area (Å²) in [5, 5.41) is 20.5. The topological polar surface area (TPSA) is 92.6 Å². The van der Waals surface area contributed by atoms with E-state index in [1.807, 2.05) is 25.1 Å². The molecule has 40 heavy (non-hydrogen) atoms. The van der Waals surface area contributed by atoms with Crippen LogP contribution in [0.1, 0.15) is 35.2 Å². The summed E-state index contributed by atoms with van der Waals surface area (Å²) in [5.74, 6) is -1.66. The fourth-order valence-electron chi connectivity index (χ4n) is 4.86. The van der Waals surface area contributed by atoms with Gasteiger partial charge in [-0.15, -0.1) is 10.2 Å². The van der Waals surface area contributed by atoms with Crippen LogP contribution in [-0.2, 0) is 21.8 Å². The number of ketones is 1. The minimum atomic E-state index is -1.24. The molecule has 0 aliphatic carbocycles. The Kier molecular flexibility index (Phi) is 7.07. The summed E-state index contributed by atoms with van der Waals surface area (Å²) in [6, 6.07) is 17.1. The van der Waals surface area contributed by atoms with Crippen LogP contribution in [0.2, 0.25) is 5.02 Å². The van der Waals surface area contributed by atoms with Gasteiger partial charge in [0.05, 0.1) is 5.57 Å². The molecule has 2 aliphatic heterocycles. The molecule has 0 spiro atoms. The number of hydrogen-bond acceptors (Lipinski definition) is 8. The van der Waals surface area contributed by atoms with E-state index < -0.39 is 29.3 Å². The van der Waals surface area contributed by atoms with Gasteiger partial charge in [-0.1, -0.05) is 71.1 Å². The van der Waals surface area contributed by atoms with Crippen LogP contribution in [0.25, 0.3) is 5.76 Å². The van der Waals surface area contributed by atoms with E-state index in [1.165, 1.54) is 30.0 Å². The Bertz CT molecular complexity index is 1690. The number of carbonyl (C=O) groups excluding carboxylic acids is 2. The predicted octanol–water partition coefficient (Wildman–Crippen LogP) is 6.57. The van der Waals surface area contributed by atoms with Crippen LogP contribution >= 0.6 is 34.7 Å². The van der Waals surface area contributed by atoms with Crippen LogP contribution in [0.4, 0.5) is 9.52 Å². The van der Waals surface area contributed by atoms with Crippen LogP contribution in [-0.4, -0.2) is 33.1 Å². The standard InChI is InChI=1S/C29H21ClFN3O4S2/c1-15-12-18-13-16(10-11-22(18)38-15)25(35)23-24(19-7-3-5-9-21(19)31)34(27(37)26(23)36)28-32-33-29(40-28)39-14-17-6-2-4-8-20(17)30/h2-11,13,15,24,35H,12,14H2,1H3/b25-23+. The number of halogens is 2. The number of nitrogens with zero attached hydrogens (tertiary/aromatic N) is 3. The van der Waals surface area contributed by atoms with Gasteiger partial charge in [-0.05, 0) is 48.4 Å². The Balaban J connectivity index is 1.40. The highest BCUT2D eigenvalue weighted by atomic mass is 35.5. The van der Waals surface area contributed by atoms with Crippen LogP contribution < -0.4 is 9.64 Å². The summed E-state index contributed by atoms with van der Waals surface area (Å²) >= 11 is 8.74. The maximum absolute atomic E-state index is 15.2. The average molecular weight is 594 g/mol. The second kappa shape index (κ2) is 10.7. The first-order valence-corrected chi connectivity index (χ1v) is 14.5. The largest absolute Gasteiger partial charge is 0.507 e. The third kappa shape index (κ3) is 4.76. The molecule has 6 rings (SSSR count). The maximum Gasteiger partial charge on any atom is 0.301 e. The van der Waals surface area contributed by atoms with Gasteiger partial charge >= 0.3 is 5.91 Å². The fraction of sp³-hybridized carbons (Fsp3) is 0.172. The van der Waals surface area contributed by atoms with Gasteiger partial charge in [-0.3, -0.25) is 14.5 Å². The third-order valence-corrected chi connectivity index (χ3v) is 9.20. The molecule has 7 nitrogen and oxygen atoms in total. The highest BCUT2D eigenvalue weighted by Crippen LogP contribution is 2.45. The molecule has 202 valence electrons. The Morgan fingerprint density at radius 3 is 2.73 bits per heavy atom. The lowest BCUT2D eigenvalue weighted by Gasteiger charge is -2.22. The van der Waals surface area contributed by atoms with Crippen LogP contribution in [0.3, 0.4) is 0 Å². The van der Waals surface area contributed by atoms with Crippen molar-refractivity contribution < 1.29 is 23.8 Å². The van der Waals surface area contributed by atoms with E-state index >= 15 is 4.39 Å². The van der Waals surface area contributed by atoms with Gasteiger partial charge in [0.15, 0.2) is 4.34 Å². The highest BCUT2D eigenvalue weighted by molar-refractivity contribution is 8.00. The lowest BCUT2D eigenvalue weighted by Crippen LogP contribution is -2.29. The maximum atomic E-state index is 15.2. The zero-order valence-corrected chi connectivity index (χ0v) is 23.4. The second-order valence-corrected chi connectivity index (χ2v) is 12.0. The number of fused-ring (bicyclic) bond motifs is 1. The minimum absolute atomic E-state index is 0.0150. The lowest BCUT2D eigenvalue weighted by molar-refractivity contribution is -0.132. The number of aliphatic hydroxyl groups is 1. The number of anilines is 1. The molecule has 0 radical (unpaired) electrons. The first-order chi connectivity index (χ1) is 19.3. The van der Waals surface area contributed by atoms with Crippen molar-refractivity contribution in [2.75, 3.05) is 4.90 Å². The Hall–Kier alpha value is -3.73. The minimum Gasteiger partial charge on any atom is -0.507 e. The summed E-state index contributed by atoms with van der Waals surface area (Å²) in [6.45, 7) is 1.94. The molecule has 1 fully saturated rings. The number of aromatic nitrogens is 2. The molecule has 1 amide bonds. The molecule has 3 heterocycles. The Morgan fingerprint density at radius 1 is 1.15 bits per heavy atom. The number of hydrogen-bond donors (Lipinski definition) is 1. The predicted molar refractivity (Wildman–Crippen MR) is 152 cm³/mol. The quantitative estimate of drug-likeness (QED) is 0.0888. The first kappa shape index (κ1) is 26.5. The van der Waals surface area contributed by atoms with Crippen LogP contribution in [0.15, 0.2) is 76.6 Å². The van der Waals surface area contributed by atoms with E-state index in [4.69, 9.17) is 16.3 Å². The third-order valence-electron chi connectivity index (χ3n) is 6.72. The van der Waals surface area contributed by atoms with Gasteiger partial charge in [0.2, 0.25) is 5.13 Å². The molecular weight excluding hydrogens is 573 g/mol. The molecule has 11 heteroatoms. The molecular formula is C29H21ClFN3O4S2. The average Bonchev–Trinajstić information content (AvgIpc) is 3.63. The van der Waals surface area contributed by atoms with E-state index in [-0.39, 0.29) is 22.4 Å². The summed E-state index contributed by atoms with van der Waals surface area (Å²) in [5.41, 5.74) is 1.96. The van der Waals surface area contributed by atoms with Crippen molar-refractivity contribution in [2.24, 2.45) is 0 Å². The number of benzene rings is 3. The van der Waals surface area contributed by atoms with E-state index in [1.54, 1.807) is 30.3 Å². The van der Waals surface area contributed by atoms with Crippen molar-refractivity contribution in [3.05, 3.63) is 105 Å².